The van der Waals surface area contributed by atoms with Gasteiger partial charge < -0.3 is 0 Å². The van der Waals surface area contributed by atoms with Crippen LogP contribution in [0.2, 0.25) is 0 Å². The summed E-state index contributed by atoms with van der Waals surface area (Å²) in [5.41, 5.74) is 0.841. The molecule has 1 aromatic rings. The first-order chi connectivity index (χ1) is 6.45. The molecule has 0 N–H and O–H groups in total. The fraction of sp³-hybridized carbons (Fsp3) is 0.100. The zero-order valence-electron chi connectivity index (χ0n) is 7.40. The van der Waals surface area contributed by atoms with Crippen LogP contribution in [0.4, 0.5) is 4.39 Å². The zero-order chi connectivity index (χ0) is 10.9. The molecule has 0 saturated carbocycles. The van der Waals surface area contributed by atoms with Gasteiger partial charge in [0.2, 0.25) is 0 Å². The van der Waals surface area contributed by atoms with Gasteiger partial charge in [0.15, 0.2) is 0 Å². The smallest absolute Gasteiger partial charge is 0.252 e. The van der Waals surface area contributed by atoms with E-state index < -0.39 is 11.1 Å². The van der Waals surface area contributed by atoms with E-state index in [4.69, 9.17) is 11.6 Å². The van der Waals surface area contributed by atoms with E-state index in [1.165, 1.54) is 6.07 Å². The third kappa shape index (κ3) is 2.04. The topological polar surface area (TPSA) is 17.1 Å². The highest BCUT2D eigenvalue weighted by molar-refractivity contribution is 9.10. The number of benzene rings is 1. The van der Waals surface area contributed by atoms with Gasteiger partial charge in [-0.2, -0.15) is 0 Å². The van der Waals surface area contributed by atoms with Gasteiger partial charge in [-0.3, -0.25) is 4.79 Å². The molecule has 1 rings (SSSR count). The Hall–Kier alpha value is -0.670. The molecule has 14 heavy (non-hydrogen) atoms. The van der Waals surface area contributed by atoms with Crippen LogP contribution in [0.3, 0.4) is 0 Å². The lowest BCUT2D eigenvalue weighted by molar-refractivity contribution is -0.106. The number of rotatable bonds is 2. The normalized spacial score (nSPS) is 10.0. The largest absolute Gasteiger partial charge is 0.276 e. The van der Waals surface area contributed by atoms with Gasteiger partial charge in [0.05, 0.1) is 4.47 Å². The number of hydrogen-bond acceptors (Lipinski definition) is 1. The maximum Gasteiger partial charge on any atom is 0.252 e. The lowest BCUT2D eigenvalue weighted by atomic mass is 10.1. The van der Waals surface area contributed by atoms with E-state index in [0.717, 1.165) is 5.56 Å². The lowest BCUT2D eigenvalue weighted by Gasteiger charge is -2.06. The number of aryl methyl sites for hydroxylation is 1. The van der Waals surface area contributed by atoms with Gasteiger partial charge >= 0.3 is 0 Å². The molecule has 1 nitrogen and oxygen atoms in total. The molecule has 0 heterocycles. The number of hydrogen-bond donors (Lipinski definition) is 0. The van der Waals surface area contributed by atoms with Crippen molar-refractivity contribution in [1.82, 2.24) is 0 Å². The van der Waals surface area contributed by atoms with E-state index in [9.17, 15) is 9.18 Å². The van der Waals surface area contributed by atoms with Crippen LogP contribution < -0.4 is 0 Å². The van der Waals surface area contributed by atoms with Crippen LogP contribution in [0.25, 0.3) is 5.57 Å². The van der Waals surface area contributed by atoms with Crippen molar-refractivity contribution < 1.29 is 9.18 Å². The van der Waals surface area contributed by atoms with E-state index in [2.05, 4.69) is 22.5 Å². The predicted molar refractivity (Wildman–Crippen MR) is 58.7 cm³/mol. The zero-order valence-corrected chi connectivity index (χ0v) is 9.75. The van der Waals surface area contributed by atoms with Gasteiger partial charge in [0.25, 0.3) is 5.24 Å². The molecular formula is C10H7BrClFO. The molecule has 4 heteroatoms. The summed E-state index contributed by atoms with van der Waals surface area (Å²) < 4.78 is 13.9. The summed E-state index contributed by atoms with van der Waals surface area (Å²) in [6.07, 6.45) is 0. The molecule has 0 aliphatic heterocycles. The Morgan fingerprint density at radius 2 is 2.14 bits per heavy atom. The molecule has 74 valence electrons. The Morgan fingerprint density at radius 3 is 2.64 bits per heavy atom. The average Bonchev–Trinajstić information content (AvgIpc) is 2.13. The van der Waals surface area contributed by atoms with E-state index in [0.29, 0.717) is 4.47 Å². The summed E-state index contributed by atoms with van der Waals surface area (Å²) in [6.45, 7) is 5.17. The summed E-state index contributed by atoms with van der Waals surface area (Å²) in [6, 6.07) is 3.17. The minimum atomic E-state index is -0.750. The molecule has 0 amide bonds. The summed E-state index contributed by atoms with van der Waals surface area (Å²) in [5.74, 6) is -0.510. The summed E-state index contributed by atoms with van der Waals surface area (Å²) in [5, 5.41) is -0.750. The Morgan fingerprint density at radius 1 is 1.57 bits per heavy atom. The molecule has 0 atom stereocenters. The molecule has 0 aliphatic rings. The van der Waals surface area contributed by atoms with E-state index in [1.807, 2.05) is 0 Å². The summed E-state index contributed by atoms with van der Waals surface area (Å²) in [7, 11) is 0. The molecule has 1 aromatic carbocycles. The molecule has 0 saturated heterocycles. The fourth-order valence-corrected chi connectivity index (χ4v) is 1.43. The van der Waals surface area contributed by atoms with Crippen molar-refractivity contribution in [3.63, 3.8) is 0 Å². The lowest BCUT2D eigenvalue weighted by Crippen LogP contribution is -1.97. The van der Waals surface area contributed by atoms with Gasteiger partial charge in [-0.05, 0) is 40.0 Å². The predicted octanol–water partition coefficient (Wildman–Crippen LogP) is 3.68. The van der Waals surface area contributed by atoms with Crippen molar-refractivity contribution in [2.45, 2.75) is 6.92 Å². The SMILES string of the molecule is C=C(C(=O)Cl)c1ccc(C)c(Br)c1F. The molecule has 0 aromatic heterocycles. The Kier molecular flexibility index (Phi) is 3.45. The van der Waals surface area contributed by atoms with Crippen molar-refractivity contribution in [2.75, 3.05) is 0 Å². The van der Waals surface area contributed by atoms with Crippen molar-refractivity contribution in [3.8, 4) is 0 Å². The van der Waals surface area contributed by atoms with Crippen molar-refractivity contribution in [2.24, 2.45) is 0 Å². The van der Waals surface area contributed by atoms with Crippen LogP contribution in [0.15, 0.2) is 23.2 Å². The number of halogens is 3. The summed E-state index contributed by atoms with van der Waals surface area (Å²) >= 11 is 8.28. The van der Waals surface area contributed by atoms with E-state index >= 15 is 0 Å². The highest BCUT2D eigenvalue weighted by Gasteiger charge is 2.14. The maximum atomic E-state index is 13.6. The molecule has 0 spiro atoms. The minimum absolute atomic E-state index is 0.0372. The highest BCUT2D eigenvalue weighted by Crippen LogP contribution is 2.27. The van der Waals surface area contributed by atoms with Crippen LogP contribution in [-0.4, -0.2) is 5.24 Å². The Labute approximate surface area is 94.7 Å². The molecule has 0 fully saturated rings. The van der Waals surface area contributed by atoms with E-state index in [-0.39, 0.29) is 11.1 Å². The first-order valence-corrected chi connectivity index (χ1v) is 4.96. The van der Waals surface area contributed by atoms with Gasteiger partial charge in [0.1, 0.15) is 5.82 Å². The number of allylic oxidation sites excluding steroid dienone is 1. The van der Waals surface area contributed by atoms with Gasteiger partial charge in [-0.15, -0.1) is 0 Å². The van der Waals surface area contributed by atoms with Crippen LogP contribution in [-0.2, 0) is 4.79 Å². The fourth-order valence-electron chi connectivity index (χ4n) is 0.985. The first kappa shape index (κ1) is 11.4. The van der Waals surface area contributed by atoms with Crippen LogP contribution >= 0.6 is 27.5 Å². The second-order valence-corrected chi connectivity index (χ2v) is 3.95. The minimum Gasteiger partial charge on any atom is -0.276 e. The highest BCUT2D eigenvalue weighted by atomic mass is 79.9. The van der Waals surface area contributed by atoms with Crippen molar-refractivity contribution in [1.29, 1.82) is 0 Å². The number of carbonyl (C=O) groups excluding carboxylic acids is 1. The third-order valence-corrected chi connectivity index (χ3v) is 3.04. The average molecular weight is 278 g/mol. The number of carbonyl (C=O) groups is 1. The monoisotopic (exact) mass is 276 g/mol. The molecule has 0 radical (unpaired) electrons. The van der Waals surface area contributed by atoms with Gasteiger partial charge in [0, 0.05) is 11.1 Å². The third-order valence-electron chi connectivity index (χ3n) is 1.84. The van der Waals surface area contributed by atoms with Gasteiger partial charge in [-0.25, -0.2) is 4.39 Å². The summed E-state index contributed by atoms with van der Waals surface area (Å²) in [4.78, 5) is 10.8. The van der Waals surface area contributed by atoms with Crippen LogP contribution in [0.5, 0.6) is 0 Å². The van der Waals surface area contributed by atoms with Crippen LogP contribution in [0.1, 0.15) is 11.1 Å². The van der Waals surface area contributed by atoms with E-state index in [1.54, 1.807) is 13.0 Å². The molecule has 0 aliphatic carbocycles. The Bertz CT molecular complexity index is 415. The molecular weight excluding hydrogens is 270 g/mol. The van der Waals surface area contributed by atoms with Crippen LogP contribution in [0, 0.1) is 12.7 Å². The molecule has 0 bridgehead atoms. The van der Waals surface area contributed by atoms with Crippen molar-refractivity contribution >= 4 is 38.3 Å². The maximum absolute atomic E-state index is 13.6. The first-order valence-electron chi connectivity index (χ1n) is 3.79. The second-order valence-electron chi connectivity index (χ2n) is 2.81. The quantitative estimate of drug-likeness (QED) is 0.595. The molecule has 0 unspecified atom stereocenters. The van der Waals surface area contributed by atoms with Crippen molar-refractivity contribution in [3.05, 3.63) is 40.1 Å². The standard InChI is InChI=1S/C10H7BrClFO/c1-5-3-4-7(6(2)10(12)14)9(13)8(5)11/h3-4H,2H2,1H3. The Balaban J connectivity index is 3.31. The van der Waals surface area contributed by atoms with Gasteiger partial charge in [-0.1, -0.05) is 18.7 Å². The second kappa shape index (κ2) is 4.24.